The largest absolute Gasteiger partial charge is 0.418 e. The van der Waals surface area contributed by atoms with Crippen LogP contribution >= 0.6 is 23.4 Å². The summed E-state index contributed by atoms with van der Waals surface area (Å²) in [6.07, 6.45) is -3.51. The highest BCUT2D eigenvalue weighted by Crippen LogP contribution is 2.38. The Morgan fingerprint density at radius 2 is 2.11 bits per heavy atom. The second kappa shape index (κ2) is 5.21. The molecule has 1 N–H and O–H groups in total. The molecule has 1 heterocycles. The first-order chi connectivity index (χ1) is 8.38. The Bertz CT molecular complexity index is 436. The lowest BCUT2D eigenvalue weighted by atomic mass is 10.1. The topological polar surface area (TPSA) is 12.0 Å². The Kier molecular flexibility index (Phi) is 4.02. The number of rotatable bonds is 2. The van der Waals surface area contributed by atoms with Crippen LogP contribution in [0.3, 0.4) is 0 Å². The van der Waals surface area contributed by atoms with Gasteiger partial charge in [-0.3, -0.25) is 0 Å². The summed E-state index contributed by atoms with van der Waals surface area (Å²) in [6, 6.07) is 3.93. The Hall–Kier alpha value is -0.550. The highest BCUT2D eigenvalue weighted by atomic mass is 35.5. The molecule has 0 amide bonds. The maximum absolute atomic E-state index is 12.9. The summed E-state index contributed by atoms with van der Waals surface area (Å²) in [4.78, 5) is 0. The van der Waals surface area contributed by atoms with Gasteiger partial charge in [0.1, 0.15) is 0 Å². The molecule has 0 saturated carbocycles. The third kappa shape index (κ3) is 3.06. The normalized spacial score (nSPS) is 24.3. The van der Waals surface area contributed by atoms with E-state index in [2.05, 4.69) is 5.32 Å². The van der Waals surface area contributed by atoms with Gasteiger partial charge in [0.2, 0.25) is 0 Å². The maximum atomic E-state index is 12.9. The highest BCUT2D eigenvalue weighted by Gasteiger charge is 2.35. The first-order valence-corrected chi connectivity index (χ1v) is 7.05. The number of halogens is 4. The van der Waals surface area contributed by atoms with Gasteiger partial charge in [-0.05, 0) is 30.4 Å². The van der Waals surface area contributed by atoms with Crippen molar-refractivity contribution in [3.05, 3.63) is 28.8 Å². The average molecular weight is 296 g/mol. The van der Waals surface area contributed by atoms with Crippen molar-refractivity contribution in [2.45, 2.75) is 30.8 Å². The monoisotopic (exact) mass is 295 g/mol. The number of alkyl halides is 3. The lowest BCUT2D eigenvalue weighted by molar-refractivity contribution is -0.137. The van der Waals surface area contributed by atoms with Crippen LogP contribution in [0.25, 0.3) is 0 Å². The molecule has 1 saturated heterocycles. The van der Waals surface area contributed by atoms with Crippen LogP contribution in [-0.4, -0.2) is 17.0 Å². The van der Waals surface area contributed by atoms with Crippen LogP contribution in [0, 0.1) is 0 Å². The predicted molar refractivity (Wildman–Crippen MR) is 70.4 cm³/mol. The molecule has 2 rings (SSSR count). The zero-order chi connectivity index (χ0) is 13.3. The van der Waals surface area contributed by atoms with Crippen LogP contribution in [0.4, 0.5) is 18.9 Å². The van der Waals surface area contributed by atoms with E-state index in [0.29, 0.717) is 5.25 Å². The van der Waals surface area contributed by atoms with Crippen LogP contribution in [0.1, 0.15) is 18.9 Å². The van der Waals surface area contributed by atoms with Crippen LogP contribution in [0.15, 0.2) is 18.2 Å². The van der Waals surface area contributed by atoms with Gasteiger partial charge in [-0.15, -0.1) is 0 Å². The molecule has 1 aromatic carbocycles. The molecule has 6 heteroatoms. The number of anilines is 1. The van der Waals surface area contributed by atoms with Crippen molar-refractivity contribution in [2.24, 2.45) is 0 Å². The Balaban J connectivity index is 2.27. The summed E-state index contributed by atoms with van der Waals surface area (Å²) in [7, 11) is 0. The van der Waals surface area contributed by atoms with Gasteiger partial charge in [0.15, 0.2) is 0 Å². The van der Waals surface area contributed by atoms with Gasteiger partial charge < -0.3 is 5.32 Å². The van der Waals surface area contributed by atoms with E-state index in [1.54, 1.807) is 11.8 Å². The van der Waals surface area contributed by atoms with Crippen molar-refractivity contribution in [3.63, 3.8) is 0 Å². The molecule has 0 aliphatic carbocycles. The average Bonchev–Trinajstić information content (AvgIpc) is 2.66. The van der Waals surface area contributed by atoms with E-state index in [-0.39, 0.29) is 16.8 Å². The molecule has 0 radical (unpaired) electrons. The molecule has 1 aromatic rings. The fraction of sp³-hybridized carbons (Fsp3) is 0.500. The van der Waals surface area contributed by atoms with Gasteiger partial charge in [0.25, 0.3) is 0 Å². The van der Waals surface area contributed by atoms with Gasteiger partial charge in [-0.1, -0.05) is 18.5 Å². The lowest BCUT2D eigenvalue weighted by Gasteiger charge is -2.21. The third-order valence-corrected chi connectivity index (χ3v) is 4.56. The fourth-order valence-corrected chi connectivity index (χ4v) is 3.37. The minimum atomic E-state index is -4.39. The SMILES string of the molecule is CC1SCCC1Nc1ccc(Cl)cc1C(F)(F)F. The second-order valence-electron chi connectivity index (χ2n) is 4.30. The molecule has 1 nitrogen and oxygen atoms in total. The van der Waals surface area contributed by atoms with Crippen molar-refractivity contribution in [2.75, 3.05) is 11.1 Å². The van der Waals surface area contributed by atoms with Crippen LogP contribution in [-0.2, 0) is 6.18 Å². The zero-order valence-corrected chi connectivity index (χ0v) is 11.3. The molecule has 18 heavy (non-hydrogen) atoms. The number of nitrogens with one attached hydrogen (secondary N) is 1. The third-order valence-electron chi connectivity index (χ3n) is 3.00. The number of thioether (sulfide) groups is 1. The van der Waals surface area contributed by atoms with Crippen molar-refractivity contribution < 1.29 is 13.2 Å². The van der Waals surface area contributed by atoms with Gasteiger partial charge in [-0.25, -0.2) is 0 Å². The van der Waals surface area contributed by atoms with E-state index in [1.807, 2.05) is 6.92 Å². The van der Waals surface area contributed by atoms with Crippen molar-refractivity contribution in [1.29, 1.82) is 0 Å². The van der Waals surface area contributed by atoms with Gasteiger partial charge in [0, 0.05) is 22.0 Å². The first kappa shape index (κ1) is 13.9. The van der Waals surface area contributed by atoms with Crippen molar-refractivity contribution in [1.82, 2.24) is 0 Å². The predicted octanol–water partition coefficient (Wildman–Crippen LogP) is 4.66. The number of hydrogen-bond acceptors (Lipinski definition) is 2. The Morgan fingerprint density at radius 1 is 1.39 bits per heavy atom. The maximum Gasteiger partial charge on any atom is 0.418 e. The number of hydrogen-bond donors (Lipinski definition) is 1. The van der Waals surface area contributed by atoms with E-state index in [1.165, 1.54) is 12.1 Å². The van der Waals surface area contributed by atoms with Gasteiger partial charge in [0.05, 0.1) is 5.56 Å². The standard InChI is InChI=1S/C12H13ClF3NS/c1-7-10(4-5-18-7)17-11-3-2-8(13)6-9(11)12(14,15)16/h2-3,6-7,10,17H,4-5H2,1H3. The molecule has 1 fully saturated rings. The van der Waals surface area contributed by atoms with Gasteiger partial charge in [-0.2, -0.15) is 24.9 Å². The van der Waals surface area contributed by atoms with Crippen LogP contribution in [0.5, 0.6) is 0 Å². The summed E-state index contributed by atoms with van der Waals surface area (Å²) >= 11 is 7.41. The molecule has 1 aliphatic rings. The van der Waals surface area contributed by atoms with Crippen LogP contribution < -0.4 is 5.32 Å². The second-order valence-corrected chi connectivity index (χ2v) is 6.22. The van der Waals surface area contributed by atoms with E-state index in [4.69, 9.17) is 11.6 Å². The molecule has 0 spiro atoms. The fourth-order valence-electron chi connectivity index (χ4n) is 2.00. The molecule has 1 aliphatic heterocycles. The summed E-state index contributed by atoms with van der Waals surface area (Å²) in [5.41, 5.74) is -0.578. The zero-order valence-electron chi connectivity index (χ0n) is 9.72. The van der Waals surface area contributed by atoms with E-state index < -0.39 is 11.7 Å². The van der Waals surface area contributed by atoms with E-state index in [0.717, 1.165) is 18.2 Å². The van der Waals surface area contributed by atoms with Crippen molar-refractivity contribution in [3.8, 4) is 0 Å². The minimum absolute atomic E-state index is 0.0808. The van der Waals surface area contributed by atoms with E-state index >= 15 is 0 Å². The summed E-state index contributed by atoms with van der Waals surface area (Å²) in [5, 5.41) is 3.41. The van der Waals surface area contributed by atoms with Crippen molar-refractivity contribution >= 4 is 29.1 Å². The quantitative estimate of drug-likeness (QED) is 0.851. The van der Waals surface area contributed by atoms with Crippen LogP contribution in [0.2, 0.25) is 5.02 Å². The molecule has 2 unspecified atom stereocenters. The summed E-state index contributed by atoms with van der Waals surface area (Å²) in [6.45, 7) is 2.03. The molecule has 2 atom stereocenters. The number of benzene rings is 1. The Morgan fingerprint density at radius 3 is 2.67 bits per heavy atom. The molecule has 100 valence electrons. The first-order valence-electron chi connectivity index (χ1n) is 5.63. The lowest BCUT2D eigenvalue weighted by Crippen LogP contribution is -2.26. The molecular formula is C12H13ClF3NS. The molecule has 0 bridgehead atoms. The summed E-state index contributed by atoms with van der Waals surface area (Å²) < 4.78 is 38.7. The smallest absolute Gasteiger partial charge is 0.381 e. The highest BCUT2D eigenvalue weighted by molar-refractivity contribution is 8.00. The van der Waals surface area contributed by atoms with Gasteiger partial charge >= 0.3 is 6.18 Å². The van der Waals surface area contributed by atoms with E-state index in [9.17, 15) is 13.2 Å². The minimum Gasteiger partial charge on any atom is -0.381 e. The Labute approximate surface area is 113 Å². The molecule has 0 aromatic heterocycles. The molecular weight excluding hydrogens is 283 g/mol. The summed E-state index contributed by atoms with van der Waals surface area (Å²) in [5.74, 6) is 0.980.